The van der Waals surface area contributed by atoms with E-state index in [-0.39, 0.29) is 5.92 Å². The first kappa shape index (κ1) is 6.87. The lowest BCUT2D eigenvalue weighted by Crippen LogP contribution is -2.22. The molecule has 2 aliphatic carbocycles. The molecule has 0 aliphatic heterocycles. The molecule has 0 radical (unpaired) electrons. The minimum absolute atomic E-state index is 0.218. The Morgan fingerprint density at radius 3 is 2.73 bits per heavy atom. The predicted molar refractivity (Wildman–Crippen MR) is 40.5 cm³/mol. The number of aliphatic hydroxyl groups is 1. The van der Waals surface area contributed by atoms with Gasteiger partial charge in [-0.1, -0.05) is 12.2 Å². The van der Waals surface area contributed by atoms with Crippen LogP contribution in [0.1, 0.15) is 12.8 Å². The first-order chi connectivity index (χ1) is 5.31. The molecule has 1 saturated carbocycles. The van der Waals surface area contributed by atoms with E-state index >= 15 is 0 Å². The van der Waals surface area contributed by atoms with Gasteiger partial charge in [-0.25, -0.2) is 0 Å². The molecule has 2 bridgehead atoms. The summed E-state index contributed by atoms with van der Waals surface area (Å²) in [6.07, 6.45) is 5.79. The van der Waals surface area contributed by atoms with E-state index in [0.29, 0.717) is 11.8 Å². The molecule has 0 spiro atoms. The number of fused-ring (bicyclic) bond motifs is 2. The van der Waals surface area contributed by atoms with Crippen molar-refractivity contribution in [2.75, 3.05) is 0 Å². The molecule has 1 N–H and O–H groups in total. The summed E-state index contributed by atoms with van der Waals surface area (Å²) in [5.74, 6) is 1.35. The Bertz CT molecular complexity index is 228. The molecular weight excluding hydrogens is 138 g/mol. The normalized spacial score (nSPS) is 42.4. The van der Waals surface area contributed by atoms with Crippen LogP contribution in [0.3, 0.4) is 0 Å². The van der Waals surface area contributed by atoms with Crippen molar-refractivity contribution in [3.63, 3.8) is 0 Å². The van der Waals surface area contributed by atoms with Crippen molar-refractivity contribution in [1.82, 2.24) is 0 Å². The summed E-state index contributed by atoms with van der Waals surface area (Å²) < 4.78 is 0. The molecule has 2 aliphatic rings. The van der Waals surface area contributed by atoms with Crippen LogP contribution in [-0.4, -0.2) is 11.2 Å². The second-order valence-electron chi connectivity index (χ2n) is 3.52. The van der Waals surface area contributed by atoms with Gasteiger partial charge in [-0.2, -0.15) is 5.26 Å². The number of nitriles is 1. The van der Waals surface area contributed by atoms with Crippen LogP contribution in [0.25, 0.3) is 0 Å². The second kappa shape index (κ2) is 2.35. The predicted octanol–water partition coefficient (Wildman–Crippen LogP) is 1.08. The fraction of sp³-hybridized carbons (Fsp3) is 0.667. The van der Waals surface area contributed by atoms with Crippen LogP contribution in [0.15, 0.2) is 12.2 Å². The number of nitrogens with zero attached hydrogens (tertiary/aromatic N) is 1. The Hall–Kier alpha value is -0.810. The van der Waals surface area contributed by atoms with Crippen molar-refractivity contribution in [2.24, 2.45) is 17.8 Å². The SMILES string of the molecule is N#C[C@H](O)C1CC2C=CC1C2. The summed E-state index contributed by atoms with van der Waals surface area (Å²) in [6.45, 7) is 0. The van der Waals surface area contributed by atoms with Crippen LogP contribution in [0.5, 0.6) is 0 Å². The molecule has 2 nitrogen and oxygen atoms in total. The molecule has 2 heteroatoms. The summed E-state index contributed by atoms with van der Waals surface area (Å²) in [5.41, 5.74) is 0. The molecule has 0 heterocycles. The van der Waals surface area contributed by atoms with E-state index in [9.17, 15) is 5.11 Å². The van der Waals surface area contributed by atoms with Gasteiger partial charge in [0.25, 0.3) is 0 Å². The highest BCUT2D eigenvalue weighted by atomic mass is 16.3. The Labute approximate surface area is 66.1 Å². The van der Waals surface area contributed by atoms with Gasteiger partial charge >= 0.3 is 0 Å². The van der Waals surface area contributed by atoms with Crippen molar-refractivity contribution >= 4 is 0 Å². The Morgan fingerprint density at radius 2 is 2.27 bits per heavy atom. The van der Waals surface area contributed by atoms with Crippen molar-refractivity contribution < 1.29 is 5.11 Å². The van der Waals surface area contributed by atoms with Gasteiger partial charge in [0.05, 0.1) is 6.07 Å². The standard InChI is InChI=1S/C9H11NO/c10-5-9(11)8-4-6-1-2-7(8)3-6/h1-2,6-9,11H,3-4H2/t6?,7?,8?,9-/m0/s1. The number of hydrogen-bond donors (Lipinski definition) is 1. The number of aliphatic hydroxyl groups excluding tert-OH is 1. The van der Waals surface area contributed by atoms with Gasteiger partial charge in [-0.15, -0.1) is 0 Å². The number of rotatable bonds is 1. The van der Waals surface area contributed by atoms with Crippen LogP contribution in [0, 0.1) is 29.1 Å². The second-order valence-corrected chi connectivity index (χ2v) is 3.52. The lowest BCUT2D eigenvalue weighted by Gasteiger charge is -2.18. The summed E-state index contributed by atoms with van der Waals surface area (Å²) in [5, 5.41) is 17.8. The molecular formula is C9H11NO. The Morgan fingerprint density at radius 1 is 1.45 bits per heavy atom. The average molecular weight is 149 g/mol. The maximum atomic E-state index is 9.28. The van der Waals surface area contributed by atoms with E-state index in [1.54, 1.807) is 0 Å². The fourth-order valence-electron chi connectivity index (χ4n) is 2.28. The molecule has 0 aromatic heterocycles. The van der Waals surface area contributed by atoms with Crippen LogP contribution >= 0.6 is 0 Å². The highest BCUT2D eigenvalue weighted by Gasteiger charge is 2.39. The molecule has 1 fully saturated rings. The first-order valence-corrected chi connectivity index (χ1v) is 4.07. The van der Waals surface area contributed by atoms with E-state index < -0.39 is 6.10 Å². The smallest absolute Gasteiger partial charge is 0.143 e. The van der Waals surface area contributed by atoms with E-state index in [1.807, 2.05) is 6.07 Å². The van der Waals surface area contributed by atoms with E-state index in [4.69, 9.17) is 5.26 Å². The van der Waals surface area contributed by atoms with Gasteiger partial charge in [-0.3, -0.25) is 0 Å². The van der Waals surface area contributed by atoms with E-state index in [2.05, 4.69) is 12.2 Å². The molecule has 0 amide bonds. The van der Waals surface area contributed by atoms with E-state index in [0.717, 1.165) is 12.8 Å². The minimum atomic E-state index is -0.741. The molecule has 0 aromatic carbocycles. The molecule has 4 atom stereocenters. The van der Waals surface area contributed by atoms with E-state index in [1.165, 1.54) is 0 Å². The van der Waals surface area contributed by atoms with Gasteiger partial charge in [0, 0.05) is 5.92 Å². The molecule has 0 aromatic rings. The van der Waals surface area contributed by atoms with Crippen LogP contribution < -0.4 is 0 Å². The Kier molecular flexibility index (Phi) is 1.47. The van der Waals surface area contributed by atoms with Crippen LogP contribution in [-0.2, 0) is 0 Å². The van der Waals surface area contributed by atoms with Gasteiger partial charge in [0.15, 0.2) is 0 Å². The number of allylic oxidation sites excluding steroid dienone is 2. The summed E-state index contributed by atoms with van der Waals surface area (Å²) in [7, 11) is 0. The zero-order valence-corrected chi connectivity index (χ0v) is 6.27. The van der Waals surface area contributed by atoms with Gasteiger partial charge in [-0.05, 0) is 24.7 Å². The quantitative estimate of drug-likeness (QED) is 0.448. The lowest BCUT2D eigenvalue weighted by atomic mass is 9.89. The maximum Gasteiger partial charge on any atom is 0.143 e. The maximum absolute atomic E-state index is 9.28. The topological polar surface area (TPSA) is 44.0 Å². The third kappa shape index (κ3) is 0.965. The van der Waals surface area contributed by atoms with Crippen molar-refractivity contribution in [3.8, 4) is 6.07 Å². The van der Waals surface area contributed by atoms with Gasteiger partial charge in [0.1, 0.15) is 6.10 Å². The van der Waals surface area contributed by atoms with Crippen molar-refractivity contribution in [3.05, 3.63) is 12.2 Å². The van der Waals surface area contributed by atoms with Gasteiger partial charge < -0.3 is 5.11 Å². The third-order valence-corrected chi connectivity index (χ3v) is 2.87. The highest BCUT2D eigenvalue weighted by Crippen LogP contribution is 2.44. The molecule has 3 unspecified atom stereocenters. The van der Waals surface area contributed by atoms with Crippen molar-refractivity contribution in [2.45, 2.75) is 18.9 Å². The molecule has 58 valence electrons. The molecule has 0 saturated heterocycles. The lowest BCUT2D eigenvalue weighted by molar-refractivity contribution is 0.143. The summed E-state index contributed by atoms with van der Waals surface area (Å²) in [4.78, 5) is 0. The zero-order valence-electron chi connectivity index (χ0n) is 6.27. The van der Waals surface area contributed by atoms with Gasteiger partial charge in [0.2, 0.25) is 0 Å². The van der Waals surface area contributed by atoms with Crippen LogP contribution in [0.2, 0.25) is 0 Å². The highest BCUT2D eigenvalue weighted by molar-refractivity contribution is 5.13. The largest absolute Gasteiger partial charge is 0.378 e. The zero-order chi connectivity index (χ0) is 7.84. The monoisotopic (exact) mass is 149 g/mol. The fourth-order valence-corrected chi connectivity index (χ4v) is 2.28. The summed E-state index contributed by atoms with van der Waals surface area (Å²) in [6, 6.07) is 1.91. The Balaban J connectivity index is 2.10. The molecule has 11 heavy (non-hydrogen) atoms. The average Bonchev–Trinajstić information content (AvgIpc) is 2.62. The van der Waals surface area contributed by atoms with Crippen LogP contribution in [0.4, 0.5) is 0 Å². The summed E-state index contributed by atoms with van der Waals surface area (Å²) >= 11 is 0. The minimum Gasteiger partial charge on any atom is -0.378 e. The third-order valence-electron chi connectivity index (χ3n) is 2.87. The molecule has 2 rings (SSSR count). The first-order valence-electron chi connectivity index (χ1n) is 4.07. The number of hydrogen-bond acceptors (Lipinski definition) is 2. The van der Waals surface area contributed by atoms with Crippen molar-refractivity contribution in [1.29, 1.82) is 5.26 Å².